The van der Waals surface area contributed by atoms with Crippen LogP contribution in [0.25, 0.3) is 0 Å². The van der Waals surface area contributed by atoms with Gasteiger partial charge in [0.2, 0.25) is 5.91 Å². The van der Waals surface area contributed by atoms with E-state index in [4.69, 9.17) is 0 Å². The van der Waals surface area contributed by atoms with Crippen molar-refractivity contribution in [3.8, 4) is 0 Å². The Morgan fingerprint density at radius 3 is 2.65 bits per heavy atom. The predicted octanol–water partition coefficient (Wildman–Crippen LogP) is 1.97. The molecule has 7 heteroatoms. The van der Waals surface area contributed by atoms with Gasteiger partial charge >= 0.3 is 5.69 Å². The van der Waals surface area contributed by atoms with Crippen molar-refractivity contribution >= 4 is 11.6 Å². The number of likely N-dealkylation sites (tertiary alicyclic amines) is 1. The van der Waals surface area contributed by atoms with Gasteiger partial charge in [0.1, 0.15) is 12.4 Å². The van der Waals surface area contributed by atoms with E-state index in [9.17, 15) is 14.9 Å². The molecule has 0 aliphatic carbocycles. The van der Waals surface area contributed by atoms with Gasteiger partial charge in [-0.15, -0.1) is 0 Å². The van der Waals surface area contributed by atoms with E-state index >= 15 is 0 Å². The third-order valence-electron chi connectivity index (χ3n) is 3.87. The zero-order chi connectivity index (χ0) is 14.7. The monoisotopic (exact) mass is 280 g/mol. The summed E-state index contributed by atoms with van der Waals surface area (Å²) in [4.78, 5) is 24.3. The van der Waals surface area contributed by atoms with Gasteiger partial charge in [-0.05, 0) is 33.1 Å². The Hall–Kier alpha value is -1.92. The largest absolute Gasteiger partial charge is 0.337 e. The molecule has 1 saturated heterocycles. The molecule has 1 aromatic heterocycles. The topological polar surface area (TPSA) is 81.3 Å². The molecule has 0 bridgehead atoms. The average molecular weight is 280 g/mol. The van der Waals surface area contributed by atoms with Crippen LogP contribution in [-0.4, -0.2) is 37.6 Å². The van der Waals surface area contributed by atoms with Crippen LogP contribution in [0.2, 0.25) is 0 Å². The van der Waals surface area contributed by atoms with Gasteiger partial charge in [0.15, 0.2) is 0 Å². The fourth-order valence-corrected chi connectivity index (χ4v) is 2.82. The van der Waals surface area contributed by atoms with Crippen molar-refractivity contribution in [3.63, 3.8) is 0 Å². The summed E-state index contributed by atoms with van der Waals surface area (Å²) in [5.74, 6) is 0.0999. The van der Waals surface area contributed by atoms with E-state index in [0.717, 1.165) is 19.3 Å². The molecule has 2 atom stereocenters. The summed E-state index contributed by atoms with van der Waals surface area (Å²) in [5.41, 5.74) is -0.0443. The molecule has 0 N–H and O–H groups in total. The summed E-state index contributed by atoms with van der Waals surface area (Å²) < 4.78 is 1.45. The fourth-order valence-electron chi connectivity index (χ4n) is 2.82. The summed E-state index contributed by atoms with van der Waals surface area (Å²) in [7, 11) is 0. The number of carbonyl (C=O) groups excluding carboxylic acids is 1. The highest BCUT2D eigenvalue weighted by Gasteiger charge is 2.28. The molecular weight excluding hydrogens is 260 g/mol. The molecule has 0 spiro atoms. The number of nitrogens with zero attached hydrogens (tertiary/aromatic N) is 4. The zero-order valence-electron chi connectivity index (χ0n) is 11.9. The second-order valence-electron chi connectivity index (χ2n) is 5.40. The minimum atomic E-state index is -0.486. The van der Waals surface area contributed by atoms with Crippen LogP contribution in [0.4, 0.5) is 5.69 Å². The standard InChI is InChI=1S/C13H20N4O3/c1-10-4-3-5-11(2)16(10)13(18)6-7-15-9-12(8-14-15)17(19)20/h8-11H,3-7H2,1-2H3/t10-,11+. The fraction of sp³-hybridized carbons (Fsp3) is 0.692. The number of carbonyl (C=O) groups is 1. The van der Waals surface area contributed by atoms with Crippen molar-refractivity contribution in [2.45, 2.75) is 58.2 Å². The van der Waals surface area contributed by atoms with Crippen LogP contribution < -0.4 is 0 Å². The third-order valence-corrected chi connectivity index (χ3v) is 3.87. The molecule has 7 nitrogen and oxygen atoms in total. The van der Waals surface area contributed by atoms with Crippen molar-refractivity contribution < 1.29 is 9.72 Å². The molecule has 1 amide bonds. The van der Waals surface area contributed by atoms with Gasteiger partial charge < -0.3 is 4.90 Å². The Labute approximate surface area is 117 Å². The van der Waals surface area contributed by atoms with Crippen LogP contribution in [0.1, 0.15) is 39.5 Å². The van der Waals surface area contributed by atoms with Crippen LogP contribution >= 0.6 is 0 Å². The molecule has 110 valence electrons. The molecule has 20 heavy (non-hydrogen) atoms. The summed E-state index contributed by atoms with van der Waals surface area (Å²) >= 11 is 0. The summed E-state index contributed by atoms with van der Waals surface area (Å²) in [6.45, 7) is 4.53. The van der Waals surface area contributed by atoms with Crippen molar-refractivity contribution in [1.29, 1.82) is 0 Å². The average Bonchev–Trinajstić information content (AvgIpc) is 2.85. The van der Waals surface area contributed by atoms with Crippen LogP contribution in [0.5, 0.6) is 0 Å². The van der Waals surface area contributed by atoms with E-state index in [-0.39, 0.29) is 23.7 Å². The number of hydrogen-bond donors (Lipinski definition) is 0. The first kappa shape index (κ1) is 14.5. The zero-order valence-corrected chi connectivity index (χ0v) is 11.9. The molecule has 0 radical (unpaired) electrons. The molecular formula is C13H20N4O3. The van der Waals surface area contributed by atoms with Gasteiger partial charge in [-0.2, -0.15) is 5.10 Å². The Kier molecular flexibility index (Phi) is 4.36. The lowest BCUT2D eigenvalue weighted by Crippen LogP contribution is -2.47. The van der Waals surface area contributed by atoms with Crippen LogP contribution in [0.3, 0.4) is 0 Å². The minimum absolute atomic E-state index is 0.0443. The Morgan fingerprint density at radius 1 is 1.45 bits per heavy atom. The number of rotatable bonds is 4. The quantitative estimate of drug-likeness (QED) is 0.623. The molecule has 1 fully saturated rings. The van der Waals surface area contributed by atoms with Gasteiger partial charge in [-0.1, -0.05) is 0 Å². The normalized spacial score (nSPS) is 22.8. The first-order valence-electron chi connectivity index (χ1n) is 6.97. The van der Waals surface area contributed by atoms with Crippen LogP contribution in [0, 0.1) is 10.1 Å². The molecule has 1 aliphatic rings. The Morgan fingerprint density at radius 2 is 2.10 bits per heavy atom. The molecule has 0 aromatic carbocycles. The summed E-state index contributed by atoms with van der Waals surface area (Å²) in [6, 6.07) is 0.552. The third kappa shape index (κ3) is 3.15. The van der Waals surface area contributed by atoms with E-state index in [1.54, 1.807) is 0 Å². The number of piperidine rings is 1. The second kappa shape index (κ2) is 6.02. The predicted molar refractivity (Wildman–Crippen MR) is 73.1 cm³/mol. The van der Waals surface area contributed by atoms with Gasteiger partial charge in [-0.25, -0.2) is 0 Å². The molecule has 0 unspecified atom stereocenters. The smallest absolute Gasteiger partial charge is 0.306 e. The molecule has 2 rings (SSSR count). The first-order valence-corrected chi connectivity index (χ1v) is 6.97. The van der Waals surface area contributed by atoms with Crippen molar-refractivity contribution in [3.05, 3.63) is 22.5 Å². The highest BCUT2D eigenvalue weighted by atomic mass is 16.6. The molecule has 0 saturated carbocycles. The second-order valence-corrected chi connectivity index (χ2v) is 5.40. The maximum atomic E-state index is 12.3. The number of hydrogen-bond acceptors (Lipinski definition) is 4. The number of amides is 1. The van der Waals surface area contributed by atoms with Crippen LogP contribution in [-0.2, 0) is 11.3 Å². The Balaban J connectivity index is 1.92. The molecule has 2 heterocycles. The van der Waals surface area contributed by atoms with E-state index in [2.05, 4.69) is 18.9 Å². The first-order chi connectivity index (χ1) is 9.49. The molecule has 1 aromatic rings. The maximum absolute atomic E-state index is 12.3. The lowest BCUT2D eigenvalue weighted by Gasteiger charge is -2.39. The van der Waals surface area contributed by atoms with Gasteiger partial charge in [-0.3, -0.25) is 19.6 Å². The van der Waals surface area contributed by atoms with Crippen LogP contribution in [0.15, 0.2) is 12.4 Å². The van der Waals surface area contributed by atoms with Crippen molar-refractivity contribution in [2.24, 2.45) is 0 Å². The van der Waals surface area contributed by atoms with Gasteiger partial charge in [0.05, 0.1) is 4.92 Å². The SMILES string of the molecule is C[C@@H]1CCC[C@H](C)N1C(=O)CCn1cc([N+](=O)[O-])cn1. The van der Waals surface area contributed by atoms with E-state index in [0.29, 0.717) is 13.0 Å². The highest BCUT2D eigenvalue weighted by Crippen LogP contribution is 2.23. The number of nitro groups is 1. The summed E-state index contributed by atoms with van der Waals surface area (Å²) in [5, 5.41) is 14.5. The maximum Gasteiger partial charge on any atom is 0.306 e. The lowest BCUT2D eigenvalue weighted by molar-refractivity contribution is -0.385. The lowest BCUT2D eigenvalue weighted by atomic mass is 9.97. The van der Waals surface area contributed by atoms with Gasteiger partial charge in [0.25, 0.3) is 0 Å². The number of aromatic nitrogens is 2. The minimum Gasteiger partial charge on any atom is -0.337 e. The molecule has 1 aliphatic heterocycles. The van der Waals surface area contributed by atoms with Crippen molar-refractivity contribution in [1.82, 2.24) is 14.7 Å². The Bertz CT molecular complexity index is 490. The summed E-state index contributed by atoms with van der Waals surface area (Å²) in [6.07, 6.45) is 6.14. The van der Waals surface area contributed by atoms with E-state index in [1.807, 2.05) is 4.90 Å². The van der Waals surface area contributed by atoms with Gasteiger partial charge in [0, 0.05) is 25.0 Å². The van der Waals surface area contributed by atoms with Crippen molar-refractivity contribution in [2.75, 3.05) is 0 Å². The van der Waals surface area contributed by atoms with E-state index < -0.39 is 4.92 Å². The number of aryl methyl sites for hydroxylation is 1. The van der Waals surface area contributed by atoms with E-state index in [1.165, 1.54) is 17.1 Å². The highest BCUT2D eigenvalue weighted by molar-refractivity contribution is 5.76.